The largest absolute Gasteiger partial charge is 0.467 e. The molecule has 33 heavy (non-hydrogen) atoms. The molecule has 0 spiro atoms. The van der Waals surface area contributed by atoms with E-state index in [9.17, 15) is 4.79 Å². The molecule has 166 valence electrons. The molecule has 8 heteroatoms. The SMILES string of the molecule is Cc1cc(-c2cc(C(=O)N(Cc3cccnc3)Cc3ccco3)c3c(C)noc3n2)c(C)s1. The number of carbonyl (C=O) groups is 1. The van der Waals surface area contributed by atoms with Gasteiger partial charge in [-0.1, -0.05) is 11.2 Å². The topological polar surface area (TPSA) is 85.3 Å². The van der Waals surface area contributed by atoms with Crippen molar-refractivity contribution in [2.45, 2.75) is 33.9 Å². The lowest BCUT2D eigenvalue weighted by molar-refractivity contribution is 0.0719. The van der Waals surface area contributed by atoms with E-state index in [0.29, 0.717) is 46.9 Å². The summed E-state index contributed by atoms with van der Waals surface area (Å²) in [6.45, 7) is 6.64. The van der Waals surface area contributed by atoms with E-state index in [-0.39, 0.29) is 5.91 Å². The molecule has 5 heterocycles. The number of furan rings is 1. The minimum Gasteiger partial charge on any atom is -0.467 e. The monoisotopic (exact) mass is 458 g/mol. The summed E-state index contributed by atoms with van der Waals surface area (Å²) in [4.78, 5) is 26.9. The number of fused-ring (bicyclic) bond motifs is 1. The molecule has 5 rings (SSSR count). The average Bonchev–Trinajstić information content (AvgIpc) is 3.54. The molecule has 7 nitrogen and oxygen atoms in total. The molecule has 0 unspecified atom stereocenters. The Kier molecular flexibility index (Phi) is 5.51. The molecule has 0 bridgehead atoms. The average molecular weight is 459 g/mol. The fourth-order valence-corrected chi connectivity index (χ4v) is 4.89. The van der Waals surface area contributed by atoms with Crippen molar-refractivity contribution in [2.75, 3.05) is 0 Å². The van der Waals surface area contributed by atoms with Crippen LogP contribution in [0.3, 0.4) is 0 Å². The first-order chi connectivity index (χ1) is 16.0. The van der Waals surface area contributed by atoms with Gasteiger partial charge < -0.3 is 13.8 Å². The Morgan fingerprint density at radius 2 is 2.00 bits per heavy atom. The molecule has 5 aromatic heterocycles. The van der Waals surface area contributed by atoms with Gasteiger partial charge in [0.2, 0.25) is 0 Å². The van der Waals surface area contributed by atoms with Crippen molar-refractivity contribution in [3.63, 3.8) is 0 Å². The molecular formula is C25H22N4O3S. The quantitative estimate of drug-likeness (QED) is 0.324. The molecule has 0 aliphatic carbocycles. The number of pyridine rings is 2. The van der Waals surface area contributed by atoms with Gasteiger partial charge in [0.05, 0.1) is 35.1 Å². The van der Waals surface area contributed by atoms with Gasteiger partial charge in [0.1, 0.15) is 5.76 Å². The zero-order valence-electron chi connectivity index (χ0n) is 18.5. The van der Waals surface area contributed by atoms with Crippen molar-refractivity contribution in [1.29, 1.82) is 0 Å². The van der Waals surface area contributed by atoms with E-state index in [1.165, 1.54) is 4.88 Å². The van der Waals surface area contributed by atoms with Crippen LogP contribution in [0.4, 0.5) is 0 Å². The first kappa shape index (κ1) is 21.1. The third-order valence-electron chi connectivity index (χ3n) is 5.47. The molecule has 0 aliphatic heterocycles. The van der Waals surface area contributed by atoms with Crippen molar-refractivity contribution in [1.82, 2.24) is 20.0 Å². The molecule has 0 atom stereocenters. The second-order valence-corrected chi connectivity index (χ2v) is 9.39. The number of rotatable bonds is 6. The Labute approximate surface area is 194 Å². The highest BCUT2D eigenvalue weighted by molar-refractivity contribution is 7.12. The van der Waals surface area contributed by atoms with Gasteiger partial charge in [-0.05, 0) is 56.7 Å². The van der Waals surface area contributed by atoms with E-state index in [4.69, 9.17) is 8.94 Å². The highest BCUT2D eigenvalue weighted by Crippen LogP contribution is 2.33. The van der Waals surface area contributed by atoms with Crippen molar-refractivity contribution >= 4 is 28.3 Å². The van der Waals surface area contributed by atoms with Crippen LogP contribution in [0.15, 0.2) is 64.0 Å². The predicted octanol–water partition coefficient (Wildman–Crippen LogP) is 5.71. The standard InChI is InChI=1S/C25H22N4O3S/c1-15-10-20(17(3)33-15)22-11-21(23-16(2)28-32-24(23)27-22)25(30)29(14-19-7-5-9-31-19)13-18-6-4-8-26-12-18/h4-12H,13-14H2,1-3H3. The molecule has 1 amide bonds. The van der Waals surface area contributed by atoms with Crippen LogP contribution in [0.2, 0.25) is 0 Å². The third-order valence-corrected chi connectivity index (χ3v) is 6.44. The lowest BCUT2D eigenvalue weighted by atomic mass is 10.0. The highest BCUT2D eigenvalue weighted by atomic mass is 32.1. The van der Waals surface area contributed by atoms with E-state index in [2.05, 4.69) is 35.0 Å². The molecular weight excluding hydrogens is 436 g/mol. The fraction of sp³-hybridized carbons (Fsp3) is 0.200. The lowest BCUT2D eigenvalue weighted by Gasteiger charge is -2.22. The normalized spacial score (nSPS) is 11.2. The molecule has 0 fully saturated rings. The zero-order chi connectivity index (χ0) is 22.9. The number of hydrogen-bond donors (Lipinski definition) is 0. The van der Waals surface area contributed by atoms with Crippen molar-refractivity contribution in [3.8, 4) is 11.3 Å². The van der Waals surface area contributed by atoms with Crippen LogP contribution in [0.5, 0.6) is 0 Å². The van der Waals surface area contributed by atoms with Gasteiger partial charge in [-0.3, -0.25) is 9.78 Å². The van der Waals surface area contributed by atoms with E-state index < -0.39 is 0 Å². The second-order valence-electron chi connectivity index (χ2n) is 7.93. The van der Waals surface area contributed by atoms with Crippen LogP contribution in [-0.4, -0.2) is 25.9 Å². The van der Waals surface area contributed by atoms with Crippen molar-refractivity contribution in [3.05, 3.63) is 87.4 Å². The fourth-order valence-electron chi connectivity index (χ4n) is 3.96. The van der Waals surface area contributed by atoms with Gasteiger partial charge in [0.15, 0.2) is 0 Å². The molecule has 0 N–H and O–H groups in total. The van der Waals surface area contributed by atoms with Gasteiger partial charge in [-0.2, -0.15) is 0 Å². The molecule has 0 saturated carbocycles. The van der Waals surface area contributed by atoms with E-state index in [1.54, 1.807) is 34.9 Å². The van der Waals surface area contributed by atoms with Crippen LogP contribution < -0.4 is 0 Å². The van der Waals surface area contributed by atoms with Crippen LogP contribution in [0.1, 0.15) is 37.1 Å². The van der Waals surface area contributed by atoms with E-state index in [1.807, 2.05) is 37.3 Å². The number of aromatic nitrogens is 3. The predicted molar refractivity (Wildman–Crippen MR) is 126 cm³/mol. The maximum atomic E-state index is 14.0. The van der Waals surface area contributed by atoms with Crippen LogP contribution in [0.25, 0.3) is 22.4 Å². The maximum absolute atomic E-state index is 14.0. The first-order valence-electron chi connectivity index (χ1n) is 10.5. The van der Waals surface area contributed by atoms with Crippen LogP contribution >= 0.6 is 11.3 Å². The Morgan fingerprint density at radius 3 is 2.70 bits per heavy atom. The van der Waals surface area contributed by atoms with Crippen molar-refractivity contribution in [2.24, 2.45) is 0 Å². The van der Waals surface area contributed by atoms with Gasteiger partial charge >= 0.3 is 0 Å². The Hall–Kier alpha value is -3.78. The molecule has 0 radical (unpaired) electrons. The minimum atomic E-state index is -0.153. The van der Waals surface area contributed by atoms with Crippen LogP contribution in [-0.2, 0) is 13.1 Å². The third kappa shape index (κ3) is 4.17. The van der Waals surface area contributed by atoms with Crippen molar-refractivity contribution < 1.29 is 13.7 Å². The summed E-state index contributed by atoms with van der Waals surface area (Å²) >= 11 is 1.70. The van der Waals surface area contributed by atoms with E-state index in [0.717, 1.165) is 16.0 Å². The maximum Gasteiger partial charge on any atom is 0.259 e. The highest BCUT2D eigenvalue weighted by Gasteiger charge is 2.25. The molecule has 0 aliphatic rings. The Morgan fingerprint density at radius 1 is 1.12 bits per heavy atom. The van der Waals surface area contributed by atoms with Crippen LogP contribution in [0, 0.1) is 20.8 Å². The number of carbonyl (C=O) groups excluding carboxylic acids is 1. The summed E-state index contributed by atoms with van der Waals surface area (Å²) in [6.07, 6.45) is 5.08. The smallest absolute Gasteiger partial charge is 0.259 e. The zero-order valence-corrected chi connectivity index (χ0v) is 19.3. The summed E-state index contributed by atoms with van der Waals surface area (Å²) in [5.74, 6) is 0.545. The first-order valence-corrected chi connectivity index (χ1v) is 11.4. The summed E-state index contributed by atoms with van der Waals surface area (Å²) < 4.78 is 11.0. The summed E-state index contributed by atoms with van der Waals surface area (Å²) in [5.41, 5.74) is 4.11. The molecule has 0 saturated heterocycles. The molecule has 5 aromatic rings. The Balaban J connectivity index is 1.62. The molecule has 0 aromatic carbocycles. The van der Waals surface area contributed by atoms with Gasteiger partial charge in [-0.25, -0.2) is 4.98 Å². The number of thiophene rings is 1. The minimum absolute atomic E-state index is 0.153. The number of nitrogens with zero attached hydrogens (tertiary/aromatic N) is 4. The second kappa shape index (κ2) is 8.63. The van der Waals surface area contributed by atoms with E-state index >= 15 is 0 Å². The summed E-state index contributed by atoms with van der Waals surface area (Å²) in [5, 5.41) is 4.71. The Bertz CT molecular complexity index is 1420. The van der Waals surface area contributed by atoms with Gasteiger partial charge in [0, 0.05) is 34.3 Å². The van der Waals surface area contributed by atoms with Gasteiger partial charge in [0.25, 0.3) is 11.6 Å². The summed E-state index contributed by atoms with van der Waals surface area (Å²) in [7, 11) is 0. The number of aryl methyl sites for hydroxylation is 3. The summed E-state index contributed by atoms with van der Waals surface area (Å²) in [6, 6.07) is 11.4. The number of amides is 1. The van der Waals surface area contributed by atoms with Gasteiger partial charge in [-0.15, -0.1) is 11.3 Å². The number of hydrogen-bond acceptors (Lipinski definition) is 7. The lowest BCUT2D eigenvalue weighted by Crippen LogP contribution is -2.30.